The predicted molar refractivity (Wildman–Crippen MR) is 68.2 cm³/mol. The zero-order valence-corrected chi connectivity index (χ0v) is 11.7. The van der Waals surface area contributed by atoms with E-state index in [2.05, 4.69) is 5.10 Å². The standard InChI is InChI=1S/C12H20BFN2O2/c1-6-7-16-10(14)9(8-15-16)13-17-11(2,3)12(4,5)18-13/h8H,6-7H2,1-5H3. The molecule has 1 aromatic rings. The van der Waals surface area contributed by atoms with E-state index in [-0.39, 0.29) is 5.95 Å². The first-order chi connectivity index (χ1) is 8.28. The second-order valence-corrected chi connectivity index (χ2v) is 5.70. The molecule has 2 rings (SSSR count). The maximum absolute atomic E-state index is 14.1. The van der Waals surface area contributed by atoms with Crippen LogP contribution in [0.5, 0.6) is 0 Å². The monoisotopic (exact) mass is 254 g/mol. The average molecular weight is 254 g/mol. The fraction of sp³-hybridized carbons (Fsp3) is 0.750. The molecule has 0 amide bonds. The highest BCUT2D eigenvalue weighted by Crippen LogP contribution is 2.36. The smallest absolute Gasteiger partial charge is 0.399 e. The van der Waals surface area contributed by atoms with Crippen LogP contribution in [-0.2, 0) is 15.9 Å². The van der Waals surface area contributed by atoms with Gasteiger partial charge in [-0.05, 0) is 34.1 Å². The first-order valence-corrected chi connectivity index (χ1v) is 6.35. The number of halogens is 1. The summed E-state index contributed by atoms with van der Waals surface area (Å²) >= 11 is 0. The van der Waals surface area contributed by atoms with Crippen molar-refractivity contribution in [3.8, 4) is 0 Å². The lowest BCUT2D eigenvalue weighted by molar-refractivity contribution is 0.00578. The van der Waals surface area contributed by atoms with Crippen LogP contribution in [0, 0.1) is 5.95 Å². The molecular weight excluding hydrogens is 234 g/mol. The molecule has 0 aromatic carbocycles. The molecule has 1 fully saturated rings. The summed E-state index contributed by atoms with van der Waals surface area (Å²) in [6.45, 7) is 10.3. The molecule has 1 aromatic heterocycles. The predicted octanol–water partition coefficient (Wildman–Crippen LogP) is 1.73. The number of aromatic nitrogens is 2. The molecule has 4 nitrogen and oxygen atoms in total. The third-order valence-electron chi connectivity index (χ3n) is 3.74. The Morgan fingerprint density at radius 1 is 1.28 bits per heavy atom. The fourth-order valence-electron chi connectivity index (χ4n) is 1.88. The SMILES string of the molecule is CCCn1ncc(B2OC(C)(C)C(C)(C)O2)c1F. The van der Waals surface area contributed by atoms with Gasteiger partial charge in [-0.1, -0.05) is 6.92 Å². The van der Waals surface area contributed by atoms with Gasteiger partial charge in [0.15, 0.2) is 0 Å². The molecule has 1 saturated heterocycles. The van der Waals surface area contributed by atoms with Crippen LogP contribution in [0.15, 0.2) is 6.20 Å². The van der Waals surface area contributed by atoms with E-state index in [0.717, 1.165) is 6.42 Å². The summed E-state index contributed by atoms with van der Waals surface area (Å²) in [6, 6.07) is 0. The second kappa shape index (κ2) is 4.35. The number of rotatable bonds is 3. The molecule has 100 valence electrons. The van der Waals surface area contributed by atoms with Gasteiger partial charge in [-0.15, -0.1) is 0 Å². The summed E-state index contributed by atoms with van der Waals surface area (Å²) in [5, 5.41) is 4.03. The zero-order valence-electron chi connectivity index (χ0n) is 11.7. The van der Waals surface area contributed by atoms with E-state index in [4.69, 9.17) is 9.31 Å². The number of hydrogen-bond donors (Lipinski definition) is 0. The van der Waals surface area contributed by atoms with Gasteiger partial charge >= 0.3 is 7.12 Å². The van der Waals surface area contributed by atoms with E-state index < -0.39 is 18.3 Å². The summed E-state index contributed by atoms with van der Waals surface area (Å²) in [6.07, 6.45) is 2.33. The van der Waals surface area contributed by atoms with Crippen molar-refractivity contribution in [2.75, 3.05) is 0 Å². The average Bonchev–Trinajstić information content (AvgIpc) is 2.68. The van der Waals surface area contributed by atoms with E-state index in [1.54, 1.807) is 0 Å². The van der Waals surface area contributed by atoms with Crippen LogP contribution in [0.25, 0.3) is 0 Å². The van der Waals surface area contributed by atoms with Crippen molar-refractivity contribution in [3.05, 3.63) is 12.1 Å². The van der Waals surface area contributed by atoms with Crippen molar-refractivity contribution >= 4 is 12.6 Å². The van der Waals surface area contributed by atoms with Crippen LogP contribution in [0.1, 0.15) is 41.0 Å². The van der Waals surface area contributed by atoms with Crippen molar-refractivity contribution in [3.63, 3.8) is 0 Å². The third kappa shape index (κ3) is 2.08. The molecule has 6 heteroatoms. The summed E-state index contributed by atoms with van der Waals surface area (Å²) in [4.78, 5) is 0. The Labute approximate surface area is 108 Å². The zero-order chi connectivity index (χ0) is 13.6. The Morgan fingerprint density at radius 2 is 1.83 bits per heavy atom. The molecule has 0 aliphatic carbocycles. The highest BCUT2D eigenvalue weighted by atomic mass is 19.1. The van der Waals surface area contributed by atoms with Crippen LogP contribution < -0.4 is 5.46 Å². The molecule has 0 saturated carbocycles. The fourth-order valence-corrected chi connectivity index (χ4v) is 1.88. The Bertz CT molecular complexity index is 429. The quantitative estimate of drug-likeness (QED) is 0.771. The van der Waals surface area contributed by atoms with Gasteiger partial charge in [0.1, 0.15) is 0 Å². The van der Waals surface area contributed by atoms with E-state index in [1.165, 1.54) is 10.9 Å². The Hall–Kier alpha value is -0.875. The number of hydrogen-bond acceptors (Lipinski definition) is 3. The van der Waals surface area contributed by atoms with Gasteiger partial charge in [-0.2, -0.15) is 9.49 Å². The lowest BCUT2D eigenvalue weighted by Crippen LogP contribution is -2.41. The molecule has 0 bridgehead atoms. The summed E-state index contributed by atoms with van der Waals surface area (Å²) in [7, 11) is -0.680. The van der Waals surface area contributed by atoms with Gasteiger partial charge in [0.2, 0.25) is 5.95 Å². The largest absolute Gasteiger partial charge is 0.501 e. The van der Waals surface area contributed by atoms with Crippen LogP contribution in [0.3, 0.4) is 0 Å². The van der Waals surface area contributed by atoms with Gasteiger partial charge in [0.25, 0.3) is 0 Å². The van der Waals surface area contributed by atoms with Gasteiger partial charge < -0.3 is 9.31 Å². The van der Waals surface area contributed by atoms with Crippen molar-refractivity contribution in [1.82, 2.24) is 9.78 Å². The highest BCUT2D eigenvalue weighted by molar-refractivity contribution is 6.62. The van der Waals surface area contributed by atoms with Gasteiger partial charge in [-0.25, -0.2) is 4.68 Å². The molecule has 0 atom stereocenters. The van der Waals surface area contributed by atoms with Crippen molar-refractivity contribution < 1.29 is 13.7 Å². The number of aryl methyl sites for hydroxylation is 1. The molecule has 1 aliphatic heterocycles. The molecule has 0 unspecified atom stereocenters. The van der Waals surface area contributed by atoms with E-state index in [0.29, 0.717) is 12.0 Å². The summed E-state index contributed by atoms with van der Waals surface area (Å²) in [5.41, 5.74) is -0.546. The molecule has 2 heterocycles. The van der Waals surface area contributed by atoms with Gasteiger partial charge in [0.05, 0.1) is 22.9 Å². The van der Waals surface area contributed by atoms with Gasteiger partial charge in [-0.3, -0.25) is 0 Å². The molecular formula is C12H20BFN2O2. The van der Waals surface area contributed by atoms with E-state index in [1.807, 2.05) is 34.6 Å². The molecule has 18 heavy (non-hydrogen) atoms. The molecule has 0 radical (unpaired) electrons. The Morgan fingerprint density at radius 3 is 2.33 bits per heavy atom. The van der Waals surface area contributed by atoms with Crippen molar-refractivity contribution in [1.29, 1.82) is 0 Å². The summed E-state index contributed by atoms with van der Waals surface area (Å²) < 4.78 is 27.1. The maximum atomic E-state index is 14.1. The lowest BCUT2D eigenvalue weighted by atomic mass is 9.81. The minimum atomic E-state index is -0.680. The van der Waals surface area contributed by atoms with Gasteiger partial charge in [0, 0.05) is 6.54 Å². The normalized spacial score (nSPS) is 21.6. The topological polar surface area (TPSA) is 36.3 Å². The van der Waals surface area contributed by atoms with Crippen LogP contribution >= 0.6 is 0 Å². The van der Waals surface area contributed by atoms with Crippen LogP contribution in [-0.4, -0.2) is 28.1 Å². The molecule has 0 N–H and O–H groups in total. The maximum Gasteiger partial charge on any atom is 0.501 e. The van der Waals surface area contributed by atoms with Crippen LogP contribution in [0.2, 0.25) is 0 Å². The van der Waals surface area contributed by atoms with Crippen molar-refractivity contribution in [2.24, 2.45) is 0 Å². The summed E-state index contributed by atoms with van der Waals surface area (Å²) in [5.74, 6) is -0.365. The second-order valence-electron chi connectivity index (χ2n) is 5.70. The minimum Gasteiger partial charge on any atom is -0.399 e. The van der Waals surface area contributed by atoms with Crippen molar-refractivity contribution in [2.45, 2.75) is 58.8 Å². The molecule has 1 aliphatic rings. The van der Waals surface area contributed by atoms with E-state index >= 15 is 0 Å². The Kier molecular flexibility index (Phi) is 3.27. The molecule has 0 spiro atoms. The first-order valence-electron chi connectivity index (χ1n) is 6.35. The number of nitrogens with zero attached hydrogens (tertiary/aromatic N) is 2. The highest BCUT2D eigenvalue weighted by Gasteiger charge is 2.53. The third-order valence-corrected chi connectivity index (χ3v) is 3.74. The minimum absolute atomic E-state index is 0.365. The van der Waals surface area contributed by atoms with Crippen LogP contribution in [0.4, 0.5) is 4.39 Å². The lowest BCUT2D eigenvalue weighted by Gasteiger charge is -2.32. The Balaban J connectivity index is 2.25. The van der Waals surface area contributed by atoms with E-state index in [9.17, 15) is 4.39 Å². The first kappa shape index (κ1) is 13.6.